The number of carbonyl (C=O) groups excluding carboxylic acids is 1. The van der Waals surface area contributed by atoms with Crippen LogP contribution in [0, 0.1) is 5.92 Å². The Morgan fingerprint density at radius 3 is 2.00 bits per heavy atom. The highest BCUT2D eigenvalue weighted by molar-refractivity contribution is 9.10. The number of ether oxygens (including phenoxy) is 1. The first kappa shape index (κ1) is 20.3. The molecule has 1 aliphatic rings. The van der Waals surface area contributed by atoms with Gasteiger partial charge in [-0.25, -0.2) is 0 Å². The molecule has 6 heteroatoms. The zero-order valence-electron chi connectivity index (χ0n) is 16.0. The summed E-state index contributed by atoms with van der Waals surface area (Å²) in [5, 5.41) is 9.65. The summed E-state index contributed by atoms with van der Waals surface area (Å²) in [5.41, 5.74) is 11.0. The van der Waals surface area contributed by atoms with Crippen molar-refractivity contribution in [1.82, 2.24) is 0 Å². The van der Waals surface area contributed by atoms with E-state index in [0.29, 0.717) is 5.56 Å². The molecule has 152 valence electrons. The third kappa shape index (κ3) is 3.76. The van der Waals surface area contributed by atoms with Gasteiger partial charge in [-0.3, -0.25) is 9.59 Å². The van der Waals surface area contributed by atoms with E-state index in [-0.39, 0.29) is 12.5 Å². The predicted octanol–water partition coefficient (Wildman–Crippen LogP) is 4.51. The fourth-order valence-corrected chi connectivity index (χ4v) is 4.24. The molecule has 0 amide bonds. The van der Waals surface area contributed by atoms with E-state index >= 15 is 0 Å². The summed E-state index contributed by atoms with van der Waals surface area (Å²) in [5.74, 6) is -3.76. The normalized spacial score (nSPS) is 14.5. The van der Waals surface area contributed by atoms with Crippen molar-refractivity contribution in [3.8, 4) is 11.1 Å². The molecule has 3 N–H and O–H groups in total. The Hall–Kier alpha value is -2.96. The minimum absolute atomic E-state index is 0.0592. The largest absolute Gasteiger partial charge is 0.481 e. The summed E-state index contributed by atoms with van der Waals surface area (Å²) in [7, 11) is 0. The van der Waals surface area contributed by atoms with Gasteiger partial charge in [-0.2, -0.15) is 0 Å². The molecule has 5 nitrogen and oxygen atoms in total. The second-order valence-electron chi connectivity index (χ2n) is 7.25. The maximum absolute atomic E-state index is 12.8. The summed E-state index contributed by atoms with van der Waals surface area (Å²) in [6, 6.07) is 21.8. The molecule has 2 atom stereocenters. The van der Waals surface area contributed by atoms with E-state index in [1.807, 2.05) is 48.5 Å². The van der Waals surface area contributed by atoms with Gasteiger partial charge in [0, 0.05) is 10.4 Å². The number of fused-ring (bicyclic) bond motifs is 3. The second kappa shape index (κ2) is 8.42. The summed E-state index contributed by atoms with van der Waals surface area (Å²) >= 11 is 3.33. The maximum Gasteiger partial charge on any atom is 0.322 e. The van der Waals surface area contributed by atoms with Gasteiger partial charge in [0.2, 0.25) is 0 Å². The van der Waals surface area contributed by atoms with Crippen molar-refractivity contribution in [2.45, 2.75) is 12.0 Å². The molecule has 0 bridgehead atoms. The number of nitrogens with two attached hydrogens (primary N) is 1. The van der Waals surface area contributed by atoms with Gasteiger partial charge in [0.15, 0.2) is 5.92 Å². The second-order valence-corrected chi connectivity index (χ2v) is 8.17. The topological polar surface area (TPSA) is 89.6 Å². The third-order valence-corrected chi connectivity index (χ3v) is 6.02. The molecule has 0 saturated carbocycles. The lowest BCUT2D eigenvalue weighted by Gasteiger charge is -2.21. The molecular formula is C24H20BrNO4. The van der Waals surface area contributed by atoms with Crippen LogP contribution in [0.2, 0.25) is 0 Å². The number of carboxylic acid groups (broad SMARTS) is 1. The van der Waals surface area contributed by atoms with Gasteiger partial charge >= 0.3 is 11.9 Å². The van der Waals surface area contributed by atoms with Crippen molar-refractivity contribution >= 4 is 27.9 Å². The number of esters is 1. The Morgan fingerprint density at radius 1 is 0.933 bits per heavy atom. The van der Waals surface area contributed by atoms with Crippen molar-refractivity contribution in [3.63, 3.8) is 0 Å². The van der Waals surface area contributed by atoms with Crippen LogP contribution in [0.4, 0.5) is 0 Å². The lowest BCUT2D eigenvalue weighted by atomic mass is 9.93. The highest BCUT2D eigenvalue weighted by Crippen LogP contribution is 2.44. The van der Waals surface area contributed by atoms with Crippen molar-refractivity contribution in [1.29, 1.82) is 0 Å². The van der Waals surface area contributed by atoms with Crippen LogP contribution >= 0.6 is 15.9 Å². The highest BCUT2D eigenvalue weighted by Gasteiger charge is 2.37. The van der Waals surface area contributed by atoms with Gasteiger partial charge in [0.1, 0.15) is 6.61 Å². The molecule has 0 heterocycles. The van der Waals surface area contributed by atoms with Crippen LogP contribution in [-0.2, 0) is 14.3 Å². The highest BCUT2D eigenvalue weighted by atomic mass is 79.9. The molecule has 0 radical (unpaired) electrons. The van der Waals surface area contributed by atoms with Crippen LogP contribution < -0.4 is 5.73 Å². The zero-order valence-corrected chi connectivity index (χ0v) is 17.6. The van der Waals surface area contributed by atoms with Crippen LogP contribution in [0.3, 0.4) is 0 Å². The number of benzene rings is 3. The van der Waals surface area contributed by atoms with Crippen LogP contribution in [-0.4, -0.2) is 23.7 Å². The van der Waals surface area contributed by atoms with Crippen molar-refractivity contribution in [3.05, 3.63) is 94.0 Å². The maximum atomic E-state index is 12.8. The molecule has 3 aromatic rings. The first-order valence-electron chi connectivity index (χ1n) is 9.56. The van der Waals surface area contributed by atoms with Crippen LogP contribution in [0.1, 0.15) is 28.7 Å². The van der Waals surface area contributed by atoms with Crippen LogP contribution in [0.5, 0.6) is 0 Å². The monoisotopic (exact) mass is 465 g/mol. The Bertz CT molecular complexity index is 1050. The Kier molecular flexibility index (Phi) is 5.70. The van der Waals surface area contributed by atoms with E-state index in [9.17, 15) is 14.7 Å². The van der Waals surface area contributed by atoms with E-state index in [4.69, 9.17) is 10.5 Å². The molecule has 30 heavy (non-hydrogen) atoms. The number of carbonyl (C=O) groups is 2. The Labute approximate surface area is 182 Å². The minimum atomic E-state index is -1.49. The van der Waals surface area contributed by atoms with Crippen LogP contribution in [0.15, 0.2) is 77.3 Å². The predicted molar refractivity (Wildman–Crippen MR) is 117 cm³/mol. The molecule has 1 unspecified atom stereocenters. The minimum Gasteiger partial charge on any atom is -0.481 e. The standard InChI is InChI=1S/C24H20BrNO4/c25-15-11-9-14(10-12-15)22(26)21(23(27)28)24(29)30-13-20-18-7-3-1-5-16(18)17-6-2-4-8-19(17)20/h1-12,20-22H,13,26H2,(H,27,28)/t21-,22?/m0/s1. The average Bonchev–Trinajstić information content (AvgIpc) is 3.06. The van der Waals surface area contributed by atoms with Crippen molar-refractivity contribution < 1.29 is 19.4 Å². The molecule has 0 aromatic heterocycles. The zero-order chi connectivity index (χ0) is 21.3. The van der Waals surface area contributed by atoms with E-state index < -0.39 is 23.9 Å². The van der Waals surface area contributed by atoms with Gasteiger partial charge in [-0.15, -0.1) is 0 Å². The smallest absolute Gasteiger partial charge is 0.322 e. The van der Waals surface area contributed by atoms with Gasteiger partial charge in [-0.05, 0) is 39.9 Å². The molecule has 4 rings (SSSR count). The third-order valence-electron chi connectivity index (χ3n) is 5.49. The number of hydrogen-bond donors (Lipinski definition) is 2. The van der Waals surface area contributed by atoms with E-state index in [2.05, 4.69) is 15.9 Å². The SMILES string of the molecule is NC(c1ccc(Br)cc1)[C@@H](C(=O)O)C(=O)OCC1c2ccccc2-c2ccccc21. The fourth-order valence-electron chi connectivity index (χ4n) is 3.97. The number of carboxylic acids is 1. The number of rotatable bonds is 6. The summed E-state index contributed by atoms with van der Waals surface area (Å²) < 4.78 is 6.36. The Balaban J connectivity index is 1.54. The first-order chi connectivity index (χ1) is 14.5. The fraction of sp³-hybridized carbons (Fsp3) is 0.167. The summed E-state index contributed by atoms with van der Waals surface area (Å²) in [4.78, 5) is 24.6. The lowest BCUT2D eigenvalue weighted by molar-refractivity contribution is -0.160. The van der Waals surface area contributed by atoms with Gasteiger partial charge < -0.3 is 15.6 Å². The average molecular weight is 466 g/mol. The van der Waals surface area contributed by atoms with Gasteiger partial charge in [0.25, 0.3) is 0 Å². The molecule has 3 aromatic carbocycles. The van der Waals surface area contributed by atoms with E-state index in [0.717, 1.165) is 26.7 Å². The van der Waals surface area contributed by atoms with Crippen molar-refractivity contribution in [2.75, 3.05) is 6.61 Å². The molecule has 0 saturated heterocycles. The van der Waals surface area contributed by atoms with Gasteiger partial charge in [-0.1, -0.05) is 76.6 Å². The quantitative estimate of drug-likeness (QED) is 0.412. The number of aliphatic carboxylic acids is 1. The summed E-state index contributed by atoms with van der Waals surface area (Å²) in [6.07, 6.45) is 0. The van der Waals surface area contributed by atoms with E-state index in [1.54, 1.807) is 24.3 Å². The molecular weight excluding hydrogens is 446 g/mol. The molecule has 0 fully saturated rings. The lowest BCUT2D eigenvalue weighted by Crippen LogP contribution is -2.36. The summed E-state index contributed by atoms with van der Waals surface area (Å²) in [6.45, 7) is 0.0592. The number of halogens is 1. The Morgan fingerprint density at radius 2 is 1.47 bits per heavy atom. The number of hydrogen-bond acceptors (Lipinski definition) is 4. The molecule has 0 aliphatic heterocycles. The van der Waals surface area contributed by atoms with E-state index in [1.165, 1.54) is 0 Å². The van der Waals surface area contributed by atoms with Crippen LogP contribution in [0.25, 0.3) is 11.1 Å². The van der Waals surface area contributed by atoms with Crippen molar-refractivity contribution in [2.24, 2.45) is 11.7 Å². The molecule has 1 aliphatic carbocycles. The first-order valence-corrected chi connectivity index (χ1v) is 10.4. The van der Waals surface area contributed by atoms with Gasteiger partial charge in [0.05, 0.1) is 6.04 Å². The molecule has 0 spiro atoms.